The van der Waals surface area contributed by atoms with E-state index in [9.17, 15) is 0 Å². The SMILES string of the molecule is Cc1c(-c2sc3cc(Br)ccc3c2C)sc2cc(Br)ccc12. The van der Waals surface area contributed by atoms with Crippen LogP contribution in [0.15, 0.2) is 45.3 Å². The topological polar surface area (TPSA) is 0 Å². The van der Waals surface area contributed by atoms with Gasteiger partial charge in [0.2, 0.25) is 0 Å². The predicted octanol–water partition coefficient (Wildman–Crippen LogP) is 7.92. The molecule has 0 saturated heterocycles. The van der Waals surface area contributed by atoms with Crippen LogP contribution in [-0.2, 0) is 0 Å². The third-order valence-corrected chi connectivity index (χ3v) is 7.67. The molecule has 0 bridgehead atoms. The van der Waals surface area contributed by atoms with Crippen molar-refractivity contribution in [3.05, 3.63) is 56.5 Å². The summed E-state index contributed by atoms with van der Waals surface area (Å²) in [5.74, 6) is 0. The first-order chi connectivity index (χ1) is 10.5. The molecule has 0 radical (unpaired) electrons. The van der Waals surface area contributed by atoms with E-state index in [0.717, 1.165) is 8.95 Å². The number of fused-ring (bicyclic) bond motifs is 2. The van der Waals surface area contributed by atoms with Crippen LogP contribution >= 0.6 is 54.5 Å². The Morgan fingerprint density at radius 3 is 1.50 bits per heavy atom. The van der Waals surface area contributed by atoms with Crippen molar-refractivity contribution in [2.75, 3.05) is 0 Å². The summed E-state index contributed by atoms with van der Waals surface area (Å²) in [4.78, 5) is 2.81. The Balaban J connectivity index is 2.02. The third kappa shape index (κ3) is 2.28. The molecule has 22 heavy (non-hydrogen) atoms. The summed E-state index contributed by atoms with van der Waals surface area (Å²) in [6, 6.07) is 13.1. The van der Waals surface area contributed by atoms with E-state index >= 15 is 0 Å². The number of rotatable bonds is 1. The highest BCUT2D eigenvalue weighted by Crippen LogP contribution is 2.46. The van der Waals surface area contributed by atoms with Crippen molar-refractivity contribution in [1.82, 2.24) is 0 Å². The molecule has 0 aliphatic carbocycles. The molecule has 0 aliphatic heterocycles. The maximum atomic E-state index is 3.58. The summed E-state index contributed by atoms with van der Waals surface area (Å²) in [6.45, 7) is 4.48. The van der Waals surface area contributed by atoms with Crippen molar-refractivity contribution in [3.63, 3.8) is 0 Å². The highest BCUT2D eigenvalue weighted by atomic mass is 79.9. The summed E-state index contributed by atoms with van der Waals surface area (Å²) in [6.07, 6.45) is 0. The van der Waals surface area contributed by atoms with E-state index in [1.807, 2.05) is 22.7 Å². The Bertz CT molecular complexity index is 941. The van der Waals surface area contributed by atoms with Gasteiger partial charge in [-0.15, -0.1) is 22.7 Å². The Kier molecular flexibility index (Phi) is 3.68. The zero-order chi connectivity index (χ0) is 15.4. The van der Waals surface area contributed by atoms with Crippen molar-refractivity contribution in [3.8, 4) is 9.75 Å². The molecule has 110 valence electrons. The predicted molar refractivity (Wildman–Crippen MR) is 108 cm³/mol. The van der Waals surface area contributed by atoms with E-state index < -0.39 is 0 Å². The van der Waals surface area contributed by atoms with Crippen molar-refractivity contribution in [2.45, 2.75) is 13.8 Å². The number of benzene rings is 2. The molecule has 0 unspecified atom stereocenters. The molecule has 0 saturated carbocycles. The zero-order valence-corrected chi connectivity index (χ0v) is 16.8. The Morgan fingerprint density at radius 2 is 1.09 bits per heavy atom. The molecular formula is C18H12Br2S2. The first kappa shape index (κ1) is 14.9. The van der Waals surface area contributed by atoms with Crippen LogP contribution in [0.1, 0.15) is 11.1 Å². The van der Waals surface area contributed by atoms with E-state index in [4.69, 9.17) is 0 Å². The lowest BCUT2D eigenvalue weighted by molar-refractivity contribution is 1.55. The highest BCUT2D eigenvalue weighted by Gasteiger charge is 2.16. The van der Waals surface area contributed by atoms with Crippen LogP contribution in [0.25, 0.3) is 29.9 Å². The van der Waals surface area contributed by atoms with Gasteiger partial charge in [-0.2, -0.15) is 0 Å². The van der Waals surface area contributed by atoms with Crippen molar-refractivity contribution in [2.24, 2.45) is 0 Å². The Morgan fingerprint density at radius 1 is 0.682 bits per heavy atom. The maximum absolute atomic E-state index is 3.58. The summed E-state index contributed by atoms with van der Waals surface area (Å²) in [7, 11) is 0. The molecule has 0 spiro atoms. The fourth-order valence-corrected chi connectivity index (χ4v) is 6.60. The molecule has 0 N–H and O–H groups in total. The first-order valence-corrected chi connectivity index (χ1v) is 10.1. The third-order valence-electron chi connectivity index (χ3n) is 4.01. The quantitative estimate of drug-likeness (QED) is 0.275. The fraction of sp³-hybridized carbons (Fsp3) is 0.111. The molecule has 4 rings (SSSR count). The molecule has 0 atom stereocenters. The van der Waals surface area contributed by atoms with Crippen molar-refractivity contribution in [1.29, 1.82) is 0 Å². The minimum absolute atomic E-state index is 1.14. The lowest BCUT2D eigenvalue weighted by atomic mass is 10.1. The fourth-order valence-electron chi connectivity index (χ4n) is 2.83. The van der Waals surface area contributed by atoms with Gasteiger partial charge in [0.1, 0.15) is 0 Å². The van der Waals surface area contributed by atoms with Crippen molar-refractivity contribution >= 4 is 74.7 Å². The molecule has 2 aromatic heterocycles. The van der Waals surface area contributed by atoms with Crippen LogP contribution in [0.3, 0.4) is 0 Å². The van der Waals surface area contributed by atoms with Gasteiger partial charge in [-0.3, -0.25) is 0 Å². The maximum Gasteiger partial charge on any atom is 0.0487 e. The van der Waals surface area contributed by atoms with Gasteiger partial charge in [0.05, 0.1) is 0 Å². The summed E-state index contributed by atoms with van der Waals surface area (Å²) in [5.41, 5.74) is 2.78. The van der Waals surface area contributed by atoms with Crippen LogP contribution in [0.5, 0.6) is 0 Å². The molecule has 0 nitrogen and oxygen atoms in total. The van der Waals surface area contributed by atoms with Crippen LogP contribution in [-0.4, -0.2) is 0 Å². The van der Waals surface area contributed by atoms with Crippen LogP contribution in [0.4, 0.5) is 0 Å². The van der Waals surface area contributed by atoms with Gasteiger partial charge in [0.15, 0.2) is 0 Å². The average molecular weight is 452 g/mol. The molecular weight excluding hydrogens is 440 g/mol. The number of halogens is 2. The van der Waals surface area contributed by atoms with Crippen molar-refractivity contribution < 1.29 is 0 Å². The second-order valence-corrected chi connectivity index (χ2v) is 9.33. The number of aryl methyl sites for hydroxylation is 2. The normalized spacial score (nSPS) is 11.6. The second kappa shape index (κ2) is 5.45. The standard InChI is InChI=1S/C18H12Br2S2/c1-9-13-5-3-11(19)7-15(13)21-17(9)18-10(2)14-6-4-12(20)8-16(14)22-18/h3-8H,1-2H3. The van der Waals surface area contributed by atoms with Gasteiger partial charge in [-0.25, -0.2) is 0 Å². The van der Waals surface area contributed by atoms with E-state index in [-0.39, 0.29) is 0 Å². The molecule has 0 aliphatic rings. The molecule has 4 aromatic rings. The van der Waals surface area contributed by atoms with Crippen LogP contribution < -0.4 is 0 Å². The van der Waals surface area contributed by atoms with Gasteiger partial charge >= 0.3 is 0 Å². The molecule has 0 fully saturated rings. The van der Waals surface area contributed by atoms with Gasteiger partial charge in [0, 0.05) is 28.1 Å². The first-order valence-electron chi connectivity index (χ1n) is 6.92. The monoisotopic (exact) mass is 450 g/mol. The van der Waals surface area contributed by atoms with E-state index in [2.05, 4.69) is 82.1 Å². The Labute approximate surface area is 154 Å². The van der Waals surface area contributed by atoms with E-state index in [1.54, 1.807) is 0 Å². The van der Waals surface area contributed by atoms with Gasteiger partial charge < -0.3 is 0 Å². The second-order valence-electron chi connectivity index (χ2n) is 5.39. The molecule has 4 heteroatoms. The summed E-state index contributed by atoms with van der Waals surface area (Å²) >= 11 is 10.9. The molecule has 0 amide bonds. The summed E-state index contributed by atoms with van der Waals surface area (Å²) < 4.78 is 4.98. The zero-order valence-electron chi connectivity index (χ0n) is 12.0. The van der Waals surface area contributed by atoms with E-state index in [0.29, 0.717) is 0 Å². The highest BCUT2D eigenvalue weighted by molar-refractivity contribution is 9.10. The molecule has 2 aromatic carbocycles. The van der Waals surface area contributed by atoms with Gasteiger partial charge in [-0.05, 0) is 60.0 Å². The van der Waals surface area contributed by atoms with Crippen LogP contribution in [0.2, 0.25) is 0 Å². The number of hydrogen-bond acceptors (Lipinski definition) is 2. The number of thiophene rings is 2. The molecule has 2 heterocycles. The Hall–Kier alpha value is -0.680. The smallest absolute Gasteiger partial charge is 0.0487 e. The van der Waals surface area contributed by atoms with E-state index in [1.165, 1.54) is 41.1 Å². The average Bonchev–Trinajstić information content (AvgIpc) is 2.96. The van der Waals surface area contributed by atoms with Gasteiger partial charge in [-0.1, -0.05) is 44.0 Å². The summed E-state index contributed by atoms with van der Waals surface area (Å²) in [5, 5.41) is 2.72. The lowest BCUT2D eigenvalue weighted by Gasteiger charge is -1.98. The van der Waals surface area contributed by atoms with Gasteiger partial charge in [0.25, 0.3) is 0 Å². The van der Waals surface area contributed by atoms with Crippen LogP contribution in [0, 0.1) is 13.8 Å². The minimum Gasteiger partial charge on any atom is -0.134 e. The largest absolute Gasteiger partial charge is 0.134 e. The lowest BCUT2D eigenvalue weighted by Crippen LogP contribution is -1.76. The minimum atomic E-state index is 1.14. The number of hydrogen-bond donors (Lipinski definition) is 0.